The topological polar surface area (TPSA) is 136 Å². The first kappa shape index (κ1) is 49.0. The summed E-state index contributed by atoms with van der Waals surface area (Å²) in [4.78, 5) is 27.5. The molecule has 0 fully saturated rings. The molecule has 0 unspecified atom stereocenters. The summed E-state index contributed by atoms with van der Waals surface area (Å²) in [6.45, 7) is 0. The van der Waals surface area contributed by atoms with Gasteiger partial charge in [-0.15, -0.1) is 0 Å². The van der Waals surface area contributed by atoms with Crippen LogP contribution in [-0.2, 0) is 0 Å². The number of hydrogen-bond donors (Lipinski definition) is 2. The summed E-state index contributed by atoms with van der Waals surface area (Å²) in [7, 11) is -1.58. The van der Waals surface area contributed by atoms with Crippen molar-refractivity contribution >= 4 is 24.2 Å². The predicted octanol–water partition coefficient (Wildman–Crippen LogP) is 15.0. The van der Waals surface area contributed by atoms with Gasteiger partial charge >= 0.3 is 7.12 Å². The monoisotopic (exact) mass is 1030 g/mol. The van der Waals surface area contributed by atoms with Crippen LogP contribution in [0.5, 0.6) is 23.0 Å². The van der Waals surface area contributed by atoms with E-state index in [9.17, 15) is 10.0 Å². The van der Waals surface area contributed by atoms with Gasteiger partial charge in [0.25, 0.3) is 0 Å². The molecule has 12 aromatic rings. The first-order valence-corrected chi connectivity index (χ1v) is 25.6. The molecule has 372 valence electrons. The van der Waals surface area contributed by atoms with Crippen LogP contribution in [0.15, 0.2) is 255 Å². The van der Waals surface area contributed by atoms with Crippen molar-refractivity contribution in [3.8, 4) is 124 Å². The quantitative estimate of drug-likeness (QED) is 0.155. The first-order valence-electron chi connectivity index (χ1n) is 25.2. The highest BCUT2D eigenvalue weighted by atomic mass is 35.5. The van der Waals surface area contributed by atoms with Gasteiger partial charge in [0, 0.05) is 50.0 Å². The molecule has 0 radical (unpaired) electrons. The summed E-state index contributed by atoms with van der Waals surface area (Å²) >= 11 is 5.99. The van der Waals surface area contributed by atoms with Gasteiger partial charge in [0.15, 0.2) is 29.1 Å². The number of halogens is 1. The summed E-state index contributed by atoms with van der Waals surface area (Å²) < 4.78 is 12.7. The molecule has 2 aromatic heterocycles. The third-order valence-electron chi connectivity index (χ3n) is 13.2. The molecule has 0 saturated carbocycles. The maximum atomic E-state index is 9.64. The van der Waals surface area contributed by atoms with Crippen molar-refractivity contribution in [3.05, 3.63) is 260 Å². The van der Waals surface area contributed by atoms with E-state index in [0.29, 0.717) is 46.1 Å². The number of hydrogen-bond acceptors (Lipinski definition) is 10. The molecule has 12 heteroatoms. The Hall–Kier alpha value is -9.91. The average molecular weight is 1030 g/mol. The number of para-hydroxylation sites is 4. The summed E-state index contributed by atoms with van der Waals surface area (Å²) in [5.41, 5.74) is 13.2. The second-order valence-corrected chi connectivity index (χ2v) is 18.4. The molecule has 0 atom stereocenters. The standard InChI is InChI=1S/C33H21N3O.C18H13BO3.C15H10ClN3/c1-3-12-22(13-4-1)31-34-32(23-14-5-2-6-15-23)36-33(35-31)28-20-11-19-27-25-17-8-7-16-24(25)26-18-9-10-21-29(26)37-30(27)28;20-19(21)16-10-5-9-15-13-7-2-1-6-12(13)14-8-3-4-11-17(14)22-18(15)16;16-15-18-13(11-7-3-1-4-8-11)17-14(19-15)12-9-5-2-6-10-12/h1-21H;1-11,20-21H;1-10H. The van der Waals surface area contributed by atoms with Gasteiger partial charge in [-0.2, -0.15) is 9.97 Å². The Labute approximate surface area is 455 Å². The summed E-state index contributed by atoms with van der Waals surface area (Å²) in [5, 5.41) is 19.5. The highest BCUT2D eigenvalue weighted by Gasteiger charge is 2.27. The molecule has 2 N–H and O–H groups in total. The van der Waals surface area contributed by atoms with Crippen LogP contribution < -0.4 is 14.9 Å². The van der Waals surface area contributed by atoms with E-state index in [0.717, 1.165) is 83.8 Å². The maximum absolute atomic E-state index is 9.64. The number of fused-ring (bicyclic) bond motifs is 10. The molecule has 78 heavy (non-hydrogen) atoms. The fraction of sp³-hybridized carbons (Fsp3) is 0. The number of ether oxygens (including phenoxy) is 2. The van der Waals surface area contributed by atoms with E-state index in [-0.39, 0.29) is 5.28 Å². The van der Waals surface area contributed by atoms with Gasteiger partial charge in [-0.25, -0.2) is 19.9 Å². The zero-order valence-electron chi connectivity index (χ0n) is 41.6. The largest absolute Gasteiger partial charge is 0.492 e. The molecule has 0 spiro atoms. The van der Waals surface area contributed by atoms with Crippen molar-refractivity contribution in [2.75, 3.05) is 0 Å². The second-order valence-electron chi connectivity index (χ2n) is 18.1. The van der Waals surface area contributed by atoms with Gasteiger partial charge in [-0.05, 0) is 52.1 Å². The van der Waals surface area contributed by atoms with Crippen LogP contribution in [0.4, 0.5) is 0 Å². The van der Waals surface area contributed by atoms with Crippen molar-refractivity contribution in [1.82, 2.24) is 29.9 Å². The Balaban J connectivity index is 0.000000127. The van der Waals surface area contributed by atoms with E-state index in [1.54, 1.807) is 6.07 Å². The maximum Gasteiger partial charge on any atom is 0.492 e. The van der Waals surface area contributed by atoms with Crippen LogP contribution in [0, 0.1) is 0 Å². The lowest BCUT2D eigenvalue weighted by Gasteiger charge is -2.15. The Kier molecular flexibility index (Phi) is 13.9. The van der Waals surface area contributed by atoms with Gasteiger partial charge in [-0.1, -0.05) is 237 Å². The van der Waals surface area contributed by atoms with Crippen molar-refractivity contribution in [3.63, 3.8) is 0 Å². The minimum Gasteiger partial charge on any atom is -0.456 e. The summed E-state index contributed by atoms with van der Waals surface area (Å²) in [6.07, 6.45) is 0. The third-order valence-corrected chi connectivity index (χ3v) is 13.3. The Morgan fingerprint density at radius 2 is 0.564 bits per heavy atom. The zero-order chi connectivity index (χ0) is 52.8. The van der Waals surface area contributed by atoms with E-state index < -0.39 is 7.12 Å². The zero-order valence-corrected chi connectivity index (χ0v) is 42.4. The predicted molar refractivity (Wildman–Crippen MR) is 310 cm³/mol. The van der Waals surface area contributed by atoms with Crippen molar-refractivity contribution in [2.45, 2.75) is 0 Å². The van der Waals surface area contributed by atoms with Gasteiger partial charge in [0.1, 0.15) is 23.0 Å². The van der Waals surface area contributed by atoms with E-state index in [4.69, 9.17) is 36.0 Å². The Morgan fingerprint density at radius 1 is 0.269 bits per heavy atom. The molecule has 14 rings (SSSR count). The van der Waals surface area contributed by atoms with Crippen molar-refractivity contribution in [1.29, 1.82) is 0 Å². The number of aromatic nitrogens is 6. The van der Waals surface area contributed by atoms with E-state index >= 15 is 0 Å². The number of rotatable bonds is 6. The summed E-state index contributed by atoms with van der Waals surface area (Å²) in [6, 6.07) is 83.4. The lowest BCUT2D eigenvalue weighted by atomic mass is 9.77. The fourth-order valence-corrected chi connectivity index (χ4v) is 9.67. The van der Waals surface area contributed by atoms with Gasteiger partial charge in [-0.3, -0.25) is 0 Å². The van der Waals surface area contributed by atoms with Gasteiger partial charge in [0.05, 0.1) is 5.56 Å². The number of nitrogens with zero attached hydrogens (tertiary/aromatic N) is 6. The van der Waals surface area contributed by atoms with Crippen LogP contribution >= 0.6 is 11.6 Å². The van der Waals surface area contributed by atoms with E-state index in [1.165, 1.54) is 0 Å². The minimum absolute atomic E-state index is 0.202. The van der Waals surface area contributed by atoms with E-state index in [2.05, 4.69) is 57.4 Å². The summed E-state index contributed by atoms with van der Waals surface area (Å²) in [5.74, 6) is 5.73. The molecule has 0 amide bonds. The van der Waals surface area contributed by atoms with Gasteiger partial charge in [0.2, 0.25) is 5.28 Å². The molecule has 0 bridgehead atoms. The third kappa shape index (κ3) is 10.2. The molecule has 0 aliphatic carbocycles. The molecule has 10 nitrogen and oxygen atoms in total. The first-order chi connectivity index (χ1) is 38.4. The molecule has 10 aromatic carbocycles. The smallest absolute Gasteiger partial charge is 0.456 e. The molecule has 2 aliphatic rings. The van der Waals surface area contributed by atoms with Crippen molar-refractivity contribution in [2.24, 2.45) is 0 Å². The highest BCUT2D eigenvalue weighted by molar-refractivity contribution is 6.60. The Morgan fingerprint density at radius 3 is 0.987 bits per heavy atom. The SMILES string of the molecule is Clc1nc(-c2ccccc2)nc(-c2ccccc2)n1.OB(O)c1cccc2c1Oc1ccccc1-c1ccccc1-2.c1ccc(-c2nc(-c3ccccc3)nc(-c3cccc4c3Oc3ccccc3-c3ccccc3-4)n2)cc1. The lowest BCUT2D eigenvalue weighted by Crippen LogP contribution is -2.31. The molecular weight excluding hydrogens is 987 g/mol. The molecule has 0 saturated heterocycles. The van der Waals surface area contributed by atoms with Crippen LogP contribution in [0.2, 0.25) is 5.28 Å². The fourth-order valence-electron chi connectivity index (χ4n) is 9.51. The van der Waals surface area contributed by atoms with Crippen molar-refractivity contribution < 1.29 is 19.5 Å². The Bertz CT molecular complexity index is 3990. The second kappa shape index (κ2) is 22.1. The highest BCUT2D eigenvalue weighted by Crippen LogP contribution is 2.50. The van der Waals surface area contributed by atoms with Crippen LogP contribution in [0.1, 0.15) is 0 Å². The molecule has 2 aliphatic heterocycles. The molecular formula is C66H44BClN6O4. The average Bonchev–Trinajstić information content (AvgIpc) is 3.77. The van der Waals surface area contributed by atoms with E-state index in [1.807, 2.05) is 206 Å². The normalized spacial score (nSPS) is 11.2. The van der Waals surface area contributed by atoms with Crippen LogP contribution in [0.25, 0.3) is 101 Å². The van der Waals surface area contributed by atoms with Gasteiger partial charge < -0.3 is 19.5 Å². The lowest BCUT2D eigenvalue weighted by molar-refractivity contribution is 0.421. The van der Waals surface area contributed by atoms with Crippen LogP contribution in [0.3, 0.4) is 0 Å². The van der Waals surface area contributed by atoms with Crippen LogP contribution in [-0.4, -0.2) is 47.1 Å². The molecule has 4 heterocycles. The number of benzene rings is 10. The minimum atomic E-state index is -1.58.